The van der Waals surface area contributed by atoms with Crippen molar-refractivity contribution >= 4 is 15.9 Å². The van der Waals surface area contributed by atoms with Crippen LogP contribution in [-0.2, 0) is 12.8 Å². The lowest BCUT2D eigenvalue weighted by atomic mass is 9.90. The van der Waals surface area contributed by atoms with Crippen molar-refractivity contribution in [3.8, 4) is 11.5 Å². The van der Waals surface area contributed by atoms with Crippen molar-refractivity contribution in [3.05, 3.63) is 57.6 Å². The number of nitrogens with one attached hydrogen (secondary N) is 1. The third-order valence-electron chi connectivity index (χ3n) is 4.16. The van der Waals surface area contributed by atoms with Crippen LogP contribution >= 0.6 is 15.9 Å². The predicted molar refractivity (Wildman–Crippen MR) is 91.8 cm³/mol. The van der Waals surface area contributed by atoms with Crippen LogP contribution in [-0.4, -0.2) is 20.8 Å². The molecule has 0 amide bonds. The van der Waals surface area contributed by atoms with E-state index in [-0.39, 0.29) is 0 Å². The molecule has 1 heterocycles. The maximum absolute atomic E-state index is 5.46. The molecule has 3 nitrogen and oxygen atoms in total. The number of hydrogen-bond donors (Lipinski definition) is 1. The predicted octanol–water partition coefficient (Wildman–Crippen LogP) is 3.90. The molecule has 0 radical (unpaired) electrons. The molecule has 1 aliphatic heterocycles. The van der Waals surface area contributed by atoms with Gasteiger partial charge in [0.25, 0.3) is 0 Å². The Kier molecular flexibility index (Phi) is 4.69. The van der Waals surface area contributed by atoms with Gasteiger partial charge in [-0.25, -0.2) is 0 Å². The maximum Gasteiger partial charge on any atom is 0.161 e. The summed E-state index contributed by atoms with van der Waals surface area (Å²) < 4.78 is 12.0. The largest absolute Gasteiger partial charge is 0.493 e. The Morgan fingerprint density at radius 2 is 1.77 bits per heavy atom. The summed E-state index contributed by atoms with van der Waals surface area (Å²) in [4.78, 5) is 0. The lowest BCUT2D eigenvalue weighted by Crippen LogP contribution is -2.31. The van der Waals surface area contributed by atoms with Crippen LogP contribution in [0.5, 0.6) is 11.5 Å². The Labute approximate surface area is 139 Å². The van der Waals surface area contributed by atoms with Gasteiger partial charge in [-0.15, -0.1) is 0 Å². The zero-order chi connectivity index (χ0) is 15.5. The molecule has 1 atom stereocenters. The summed E-state index contributed by atoms with van der Waals surface area (Å²) in [6.45, 7) is 0.990. The normalized spacial score (nSPS) is 17.0. The number of halogens is 1. The highest BCUT2D eigenvalue weighted by atomic mass is 79.9. The second kappa shape index (κ2) is 6.71. The van der Waals surface area contributed by atoms with Crippen molar-refractivity contribution < 1.29 is 9.47 Å². The molecule has 2 aromatic carbocycles. The first-order valence-electron chi connectivity index (χ1n) is 7.44. The molecule has 0 saturated carbocycles. The summed E-state index contributed by atoms with van der Waals surface area (Å²) in [5, 5.41) is 3.62. The lowest BCUT2D eigenvalue weighted by molar-refractivity contribution is 0.352. The topological polar surface area (TPSA) is 30.5 Å². The molecule has 0 aliphatic carbocycles. The monoisotopic (exact) mass is 361 g/mol. The van der Waals surface area contributed by atoms with Crippen molar-refractivity contribution in [1.82, 2.24) is 5.32 Å². The summed E-state index contributed by atoms with van der Waals surface area (Å²) >= 11 is 3.49. The molecule has 3 rings (SSSR count). The Morgan fingerprint density at radius 3 is 2.45 bits per heavy atom. The SMILES string of the molecule is COc1cc2c(cc1OC)[C@H](Cc1ccc(Br)cc1)NCC2. The zero-order valence-electron chi connectivity index (χ0n) is 12.9. The van der Waals surface area contributed by atoms with Crippen LogP contribution in [0.4, 0.5) is 0 Å². The van der Waals surface area contributed by atoms with Gasteiger partial charge in [-0.3, -0.25) is 0 Å². The van der Waals surface area contributed by atoms with Crippen LogP contribution in [0.3, 0.4) is 0 Å². The van der Waals surface area contributed by atoms with Crippen LogP contribution in [0.25, 0.3) is 0 Å². The Hall–Kier alpha value is -1.52. The Bertz CT molecular complexity index is 655. The van der Waals surface area contributed by atoms with E-state index in [9.17, 15) is 0 Å². The molecule has 1 N–H and O–H groups in total. The fraction of sp³-hybridized carbons (Fsp3) is 0.333. The molecule has 1 aliphatic rings. The number of benzene rings is 2. The second-order valence-electron chi connectivity index (χ2n) is 5.49. The van der Waals surface area contributed by atoms with Crippen LogP contribution in [0.15, 0.2) is 40.9 Å². The minimum Gasteiger partial charge on any atom is -0.493 e. The zero-order valence-corrected chi connectivity index (χ0v) is 14.4. The first kappa shape index (κ1) is 15.4. The molecule has 0 aromatic heterocycles. The van der Waals surface area contributed by atoms with Crippen molar-refractivity contribution in [1.29, 1.82) is 0 Å². The van der Waals surface area contributed by atoms with Gasteiger partial charge >= 0.3 is 0 Å². The summed E-state index contributed by atoms with van der Waals surface area (Å²) in [7, 11) is 3.37. The number of rotatable bonds is 4. The van der Waals surface area contributed by atoms with Crippen LogP contribution in [0.1, 0.15) is 22.7 Å². The number of ether oxygens (including phenoxy) is 2. The maximum atomic E-state index is 5.46. The average molecular weight is 362 g/mol. The number of fused-ring (bicyclic) bond motifs is 1. The molecule has 2 aromatic rings. The molecule has 0 spiro atoms. The van der Waals surface area contributed by atoms with Crippen molar-refractivity contribution in [3.63, 3.8) is 0 Å². The number of methoxy groups -OCH3 is 2. The van der Waals surface area contributed by atoms with E-state index in [1.165, 1.54) is 16.7 Å². The third-order valence-corrected chi connectivity index (χ3v) is 4.69. The minimum atomic E-state index is 0.310. The smallest absolute Gasteiger partial charge is 0.161 e. The fourth-order valence-electron chi connectivity index (χ4n) is 3.01. The third kappa shape index (κ3) is 3.13. The van der Waals surface area contributed by atoms with Gasteiger partial charge in [0.15, 0.2) is 11.5 Å². The quantitative estimate of drug-likeness (QED) is 0.895. The van der Waals surface area contributed by atoms with E-state index in [2.05, 4.69) is 57.6 Å². The van der Waals surface area contributed by atoms with Gasteiger partial charge in [-0.2, -0.15) is 0 Å². The van der Waals surface area contributed by atoms with E-state index in [1.807, 2.05) is 0 Å². The van der Waals surface area contributed by atoms with Crippen LogP contribution in [0, 0.1) is 0 Å². The molecular weight excluding hydrogens is 342 g/mol. The van der Waals surface area contributed by atoms with Gasteiger partial charge in [-0.1, -0.05) is 28.1 Å². The second-order valence-corrected chi connectivity index (χ2v) is 6.41. The van der Waals surface area contributed by atoms with Gasteiger partial charge < -0.3 is 14.8 Å². The molecule has 0 fully saturated rings. The van der Waals surface area contributed by atoms with E-state index >= 15 is 0 Å². The van der Waals surface area contributed by atoms with Gasteiger partial charge in [0.2, 0.25) is 0 Å². The van der Waals surface area contributed by atoms with Crippen molar-refractivity contribution in [2.45, 2.75) is 18.9 Å². The summed E-state index contributed by atoms with van der Waals surface area (Å²) in [5.74, 6) is 1.61. The highest BCUT2D eigenvalue weighted by Gasteiger charge is 2.22. The molecular formula is C18H20BrNO2. The van der Waals surface area contributed by atoms with Crippen LogP contribution in [0.2, 0.25) is 0 Å². The summed E-state index contributed by atoms with van der Waals surface area (Å²) in [6.07, 6.45) is 1.99. The molecule has 4 heteroatoms. The molecule has 0 saturated heterocycles. The molecule has 22 heavy (non-hydrogen) atoms. The standard InChI is InChI=1S/C18H20BrNO2/c1-21-17-10-13-7-8-20-16(15(13)11-18(17)22-2)9-12-3-5-14(19)6-4-12/h3-6,10-11,16,20H,7-9H2,1-2H3/t16-/m0/s1. The molecule has 116 valence electrons. The Morgan fingerprint density at radius 1 is 1.09 bits per heavy atom. The van der Waals surface area contributed by atoms with Crippen LogP contribution < -0.4 is 14.8 Å². The summed E-state index contributed by atoms with van der Waals surface area (Å²) in [6, 6.07) is 13.1. The Balaban J connectivity index is 1.91. The van der Waals surface area contributed by atoms with Gasteiger partial charge in [0.1, 0.15) is 0 Å². The highest BCUT2D eigenvalue weighted by Crippen LogP contribution is 2.36. The molecule has 0 bridgehead atoms. The van der Waals surface area contributed by atoms with E-state index in [0.717, 1.165) is 35.4 Å². The fourth-order valence-corrected chi connectivity index (χ4v) is 3.27. The average Bonchev–Trinajstić information content (AvgIpc) is 2.56. The van der Waals surface area contributed by atoms with E-state index < -0.39 is 0 Å². The van der Waals surface area contributed by atoms with Gasteiger partial charge in [0, 0.05) is 10.5 Å². The molecule has 0 unspecified atom stereocenters. The highest BCUT2D eigenvalue weighted by molar-refractivity contribution is 9.10. The minimum absolute atomic E-state index is 0.310. The summed E-state index contributed by atoms with van der Waals surface area (Å²) in [5.41, 5.74) is 3.98. The number of hydrogen-bond acceptors (Lipinski definition) is 3. The van der Waals surface area contributed by atoms with E-state index in [1.54, 1.807) is 14.2 Å². The van der Waals surface area contributed by atoms with Gasteiger partial charge in [-0.05, 0) is 60.3 Å². The van der Waals surface area contributed by atoms with Crippen molar-refractivity contribution in [2.75, 3.05) is 20.8 Å². The van der Waals surface area contributed by atoms with Gasteiger partial charge in [0.05, 0.1) is 14.2 Å². The van der Waals surface area contributed by atoms with Crippen molar-refractivity contribution in [2.24, 2.45) is 0 Å². The van der Waals surface area contributed by atoms with E-state index in [0.29, 0.717) is 6.04 Å². The first-order valence-corrected chi connectivity index (χ1v) is 8.23. The first-order chi connectivity index (χ1) is 10.7. The lowest BCUT2D eigenvalue weighted by Gasteiger charge is -2.28. The van der Waals surface area contributed by atoms with E-state index in [4.69, 9.17) is 9.47 Å².